The third-order valence-electron chi connectivity index (χ3n) is 3.57. The Bertz CT molecular complexity index is 456. The largest absolute Gasteiger partial charge is 0.367 e. The van der Waals surface area contributed by atoms with Gasteiger partial charge in [-0.2, -0.15) is 11.8 Å². The Morgan fingerprint density at radius 2 is 2.15 bits per heavy atom. The molecule has 0 bridgehead atoms. The summed E-state index contributed by atoms with van der Waals surface area (Å²) in [5.41, 5.74) is 1.83. The normalized spacial score (nSPS) is 20.2. The zero-order valence-corrected chi connectivity index (χ0v) is 13.7. The van der Waals surface area contributed by atoms with Crippen LogP contribution in [0.1, 0.15) is 33.3 Å². The molecule has 0 saturated carbocycles. The van der Waals surface area contributed by atoms with Crippen LogP contribution >= 0.6 is 11.8 Å². The predicted molar refractivity (Wildman–Crippen MR) is 87.1 cm³/mol. The van der Waals surface area contributed by atoms with Gasteiger partial charge in [-0.25, -0.2) is 4.39 Å². The highest BCUT2D eigenvalue weighted by atomic mass is 32.2. The molecule has 1 aliphatic heterocycles. The first kappa shape index (κ1) is 15.6. The van der Waals surface area contributed by atoms with E-state index in [9.17, 15) is 4.39 Å². The molecule has 4 heteroatoms. The fourth-order valence-corrected chi connectivity index (χ4v) is 3.44. The molecule has 1 atom stereocenters. The van der Waals surface area contributed by atoms with Crippen LogP contribution in [-0.2, 0) is 6.54 Å². The summed E-state index contributed by atoms with van der Waals surface area (Å²) in [6.07, 6.45) is 0. The lowest BCUT2D eigenvalue weighted by atomic mass is 10.1. The first-order valence-corrected chi connectivity index (χ1v) is 8.41. The molecular formula is C16H25FN2S. The van der Waals surface area contributed by atoms with Crippen molar-refractivity contribution in [3.8, 4) is 0 Å². The van der Waals surface area contributed by atoms with Crippen LogP contribution in [0, 0.1) is 5.82 Å². The second-order valence-electron chi connectivity index (χ2n) is 6.46. The van der Waals surface area contributed by atoms with Crippen LogP contribution in [0.5, 0.6) is 0 Å². The standard InChI is InChI=1S/C16H25FN2S/c1-12-11-20-9-8-19(12)15-7-5-6-14(17)13(15)10-18-16(2,3)4/h5-7,12,18H,8-11H2,1-4H3. The molecule has 1 aromatic carbocycles. The van der Waals surface area contributed by atoms with Gasteiger partial charge in [0, 0.05) is 47.4 Å². The van der Waals surface area contributed by atoms with Crippen molar-refractivity contribution in [2.75, 3.05) is 23.0 Å². The number of hydrogen-bond donors (Lipinski definition) is 1. The van der Waals surface area contributed by atoms with Crippen LogP contribution in [0.25, 0.3) is 0 Å². The van der Waals surface area contributed by atoms with E-state index in [1.54, 1.807) is 6.07 Å². The Morgan fingerprint density at radius 3 is 2.80 bits per heavy atom. The lowest BCUT2D eigenvalue weighted by molar-refractivity contribution is 0.418. The van der Waals surface area contributed by atoms with Gasteiger partial charge in [0.1, 0.15) is 5.82 Å². The van der Waals surface area contributed by atoms with Gasteiger partial charge in [-0.3, -0.25) is 0 Å². The van der Waals surface area contributed by atoms with Crippen LogP contribution in [0.2, 0.25) is 0 Å². The minimum Gasteiger partial charge on any atom is -0.367 e. The number of halogens is 1. The van der Waals surface area contributed by atoms with Crippen molar-refractivity contribution in [3.63, 3.8) is 0 Å². The number of benzene rings is 1. The number of nitrogens with one attached hydrogen (secondary N) is 1. The number of anilines is 1. The molecule has 0 spiro atoms. The van der Waals surface area contributed by atoms with Crippen LogP contribution in [0.3, 0.4) is 0 Å². The number of rotatable bonds is 3. The molecule has 0 aromatic heterocycles. The zero-order valence-electron chi connectivity index (χ0n) is 12.9. The van der Waals surface area contributed by atoms with E-state index in [2.05, 4.69) is 44.0 Å². The number of thioether (sulfide) groups is 1. The molecular weight excluding hydrogens is 271 g/mol. The van der Waals surface area contributed by atoms with Gasteiger partial charge in [0.2, 0.25) is 0 Å². The van der Waals surface area contributed by atoms with Gasteiger partial charge in [0.15, 0.2) is 0 Å². The lowest BCUT2D eigenvalue weighted by Gasteiger charge is -2.36. The third-order valence-corrected chi connectivity index (χ3v) is 4.76. The van der Waals surface area contributed by atoms with E-state index >= 15 is 0 Å². The summed E-state index contributed by atoms with van der Waals surface area (Å²) in [5, 5.41) is 3.40. The average molecular weight is 296 g/mol. The lowest BCUT2D eigenvalue weighted by Crippen LogP contribution is -2.42. The van der Waals surface area contributed by atoms with Gasteiger partial charge in [-0.15, -0.1) is 0 Å². The maximum Gasteiger partial charge on any atom is 0.129 e. The average Bonchev–Trinajstić information content (AvgIpc) is 2.36. The van der Waals surface area contributed by atoms with Gasteiger partial charge in [0.05, 0.1) is 0 Å². The Kier molecular flexibility index (Phi) is 4.97. The molecule has 1 aromatic rings. The first-order valence-electron chi connectivity index (χ1n) is 7.25. The number of hydrogen-bond acceptors (Lipinski definition) is 3. The monoisotopic (exact) mass is 296 g/mol. The Labute approximate surface area is 126 Å². The highest BCUT2D eigenvalue weighted by Crippen LogP contribution is 2.29. The van der Waals surface area contributed by atoms with E-state index < -0.39 is 0 Å². The fourth-order valence-electron chi connectivity index (χ4n) is 2.43. The van der Waals surface area contributed by atoms with Crippen LogP contribution in [0.4, 0.5) is 10.1 Å². The van der Waals surface area contributed by atoms with Gasteiger partial charge >= 0.3 is 0 Å². The third kappa shape index (κ3) is 3.89. The summed E-state index contributed by atoms with van der Waals surface area (Å²) in [5.74, 6) is 2.13. The molecule has 2 nitrogen and oxygen atoms in total. The van der Waals surface area contributed by atoms with Crippen molar-refractivity contribution >= 4 is 17.4 Å². The predicted octanol–water partition coefficient (Wildman–Crippen LogP) is 3.66. The summed E-state index contributed by atoms with van der Waals surface area (Å²) in [6.45, 7) is 10.1. The minimum absolute atomic E-state index is 0.0110. The number of nitrogens with zero attached hydrogens (tertiary/aromatic N) is 1. The Balaban J connectivity index is 2.25. The topological polar surface area (TPSA) is 15.3 Å². The Morgan fingerprint density at radius 1 is 1.40 bits per heavy atom. The smallest absolute Gasteiger partial charge is 0.129 e. The molecule has 1 heterocycles. The summed E-state index contributed by atoms with van der Waals surface area (Å²) in [4.78, 5) is 2.35. The summed E-state index contributed by atoms with van der Waals surface area (Å²) >= 11 is 1.98. The molecule has 1 N–H and O–H groups in total. The van der Waals surface area contributed by atoms with E-state index in [1.807, 2.05) is 17.8 Å². The molecule has 112 valence electrons. The van der Waals surface area contributed by atoms with Crippen LogP contribution in [0.15, 0.2) is 18.2 Å². The minimum atomic E-state index is -0.107. The molecule has 1 aliphatic rings. The summed E-state index contributed by atoms with van der Waals surface area (Å²) in [7, 11) is 0. The molecule has 2 rings (SSSR count). The molecule has 0 amide bonds. The van der Waals surface area contributed by atoms with Crippen molar-refractivity contribution in [1.29, 1.82) is 0 Å². The second kappa shape index (κ2) is 6.35. The summed E-state index contributed by atoms with van der Waals surface area (Å²) < 4.78 is 14.2. The van der Waals surface area contributed by atoms with Gasteiger partial charge in [0.25, 0.3) is 0 Å². The second-order valence-corrected chi connectivity index (χ2v) is 7.61. The van der Waals surface area contributed by atoms with Crippen molar-refractivity contribution in [2.24, 2.45) is 0 Å². The highest BCUT2D eigenvalue weighted by molar-refractivity contribution is 7.99. The highest BCUT2D eigenvalue weighted by Gasteiger charge is 2.23. The van der Waals surface area contributed by atoms with E-state index in [1.165, 1.54) is 0 Å². The van der Waals surface area contributed by atoms with Crippen LogP contribution < -0.4 is 10.2 Å². The quantitative estimate of drug-likeness (QED) is 0.916. The SMILES string of the molecule is CC1CSCCN1c1cccc(F)c1CNC(C)(C)C. The maximum absolute atomic E-state index is 14.2. The summed E-state index contributed by atoms with van der Waals surface area (Å²) in [6, 6.07) is 5.89. The van der Waals surface area contributed by atoms with Gasteiger partial charge in [-0.1, -0.05) is 6.07 Å². The fraction of sp³-hybridized carbons (Fsp3) is 0.625. The van der Waals surface area contributed by atoms with Crippen molar-refractivity contribution in [2.45, 2.75) is 45.8 Å². The Hall–Kier alpha value is -0.740. The molecule has 1 fully saturated rings. The molecule has 20 heavy (non-hydrogen) atoms. The van der Waals surface area contributed by atoms with Crippen molar-refractivity contribution in [3.05, 3.63) is 29.6 Å². The van der Waals surface area contributed by atoms with Gasteiger partial charge < -0.3 is 10.2 Å². The van der Waals surface area contributed by atoms with E-state index in [0.29, 0.717) is 12.6 Å². The maximum atomic E-state index is 14.2. The molecule has 0 aliphatic carbocycles. The van der Waals surface area contributed by atoms with E-state index in [-0.39, 0.29) is 11.4 Å². The first-order chi connectivity index (χ1) is 9.38. The van der Waals surface area contributed by atoms with E-state index in [0.717, 1.165) is 29.3 Å². The van der Waals surface area contributed by atoms with Crippen molar-refractivity contribution < 1.29 is 4.39 Å². The van der Waals surface area contributed by atoms with Gasteiger partial charge in [-0.05, 0) is 39.8 Å². The molecule has 1 unspecified atom stereocenters. The molecule has 0 radical (unpaired) electrons. The van der Waals surface area contributed by atoms with Crippen molar-refractivity contribution in [1.82, 2.24) is 5.32 Å². The van der Waals surface area contributed by atoms with Crippen LogP contribution in [-0.4, -0.2) is 29.6 Å². The molecule has 1 saturated heterocycles. The zero-order chi connectivity index (χ0) is 14.8. The van der Waals surface area contributed by atoms with E-state index in [4.69, 9.17) is 0 Å².